The van der Waals surface area contributed by atoms with Crippen LogP contribution in [-0.4, -0.2) is 23.4 Å². The third kappa shape index (κ3) is 3.62. The molecule has 130 valence electrons. The van der Waals surface area contributed by atoms with E-state index in [-0.39, 0.29) is 6.61 Å². The topological polar surface area (TPSA) is 43.7 Å². The predicted molar refractivity (Wildman–Crippen MR) is 104 cm³/mol. The summed E-state index contributed by atoms with van der Waals surface area (Å²) in [6.07, 6.45) is 0.676. The number of rotatable bonds is 6. The first-order valence-electron chi connectivity index (χ1n) is 8.79. The van der Waals surface area contributed by atoms with Crippen molar-refractivity contribution in [2.24, 2.45) is 0 Å². The summed E-state index contributed by atoms with van der Waals surface area (Å²) in [6.45, 7) is 5.74. The molecule has 0 fully saturated rings. The summed E-state index contributed by atoms with van der Waals surface area (Å²) in [4.78, 5) is 2.25. The number of aromatic hydroxyl groups is 1. The minimum atomic E-state index is 0.167. The van der Waals surface area contributed by atoms with Gasteiger partial charge >= 0.3 is 0 Å². The fraction of sp³-hybridized carbons (Fsp3) is 0.273. The van der Waals surface area contributed by atoms with Crippen molar-refractivity contribution in [2.75, 3.05) is 18.1 Å². The van der Waals surface area contributed by atoms with Crippen LogP contribution >= 0.6 is 0 Å². The summed E-state index contributed by atoms with van der Waals surface area (Å²) in [5, 5.41) is 22.0. The monoisotopic (exact) mass is 335 g/mol. The summed E-state index contributed by atoms with van der Waals surface area (Å²) in [6, 6.07) is 18.5. The minimum Gasteiger partial charge on any atom is -0.507 e. The quantitative estimate of drug-likeness (QED) is 0.701. The van der Waals surface area contributed by atoms with E-state index in [0.717, 1.165) is 39.7 Å². The van der Waals surface area contributed by atoms with Gasteiger partial charge in [0.1, 0.15) is 5.75 Å². The van der Waals surface area contributed by atoms with E-state index in [1.165, 1.54) is 0 Å². The third-order valence-corrected chi connectivity index (χ3v) is 4.75. The van der Waals surface area contributed by atoms with Crippen LogP contribution in [0.15, 0.2) is 54.6 Å². The molecule has 3 rings (SSSR count). The van der Waals surface area contributed by atoms with Crippen LogP contribution in [-0.2, 0) is 13.0 Å². The van der Waals surface area contributed by atoms with Crippen molar-refractivity contribution in [3.63, 3.8) is 0 Å². The SMILES string of the molecule is CCN(Cc1c(O)c(C)cc2ccccc12)c1ccc(CCO)cc1. The van der Waals surface area contributed by atoms with E-state index < -0.39 is 0 Å². The lowest BCUT2D eigenvalue weighted by Gasteiger charge is -2.25. The van der Waals surface area contributed by atoms with Crippen LogP contribution < -0.4 is 4.90 Å². The van der Waals surface area contributed by atoms with Gasteiger partial charge in [-0.25, -0.2) is 0 Å². The standard InChI is InChI=1S/C22H25NO2/c1-3-23(19-10-8-17(9-11-19)12-13-24)15-21-20-7-5-4-6-18(20)14-16(2)22(21)25/h4-11,14,24-25H,3,12-13,15H2,1-2H3. The number of hydrogen-bond acceptors (Lipinski definition) is 3. The number of benzene rings is 3. The van der Waals surface area contributed by atoms with Crippen molar-refractivity contribution >= 4 is 16.5 Å². The van der Waals surface area contributed by atoms with Crippen LogP contribution in [0.25, 0.3) is 10.8 Å². The molecule has 0 saturated carbocycles. The van der Waals surface area contributed by atoms with Gasteiger partial charge < -0.3 is 15.1 Å². The molecule has 0 amide bonds. The molecule has 3 nitrogen and oxygen atoms in total. The van der Waals surface area contributed by atoms with Crippen molar-refractivity contribution in [3.05, 3.63) is 71.3 Å². The summed E-state index contributed by atoms with van der Waals surface area (Å²) < 4.78 is 0. The second kappa shape index (κ2) is 7.58. The van der Waals surface area contributed by atoms with Gasteiger partial charge in [-0.3, -0.25) is 0 Å². The molecule has 0 radical (unpaired) electrons. The predicted octanol–water partition coefficient (Wildman–Crippen LogP) is 4.42. The zero-order valence-electron chi connectivity index (χ0n) is 14.9. The maximum atomic E-state index is 10.6. The Balaban J connectivity index is 1.96. The van der Waals surface area contributed by atoms with Crippen LogP contribution in [0.5, 0.6) is 5.75 Å². The van der Waals surface area contributed by atoms with Gasteiger partial charge in [-0.05, 0) is 60.4 Å². The Bertz CT molecular complexity index is 856. The number of nitrogens with zero attached hydrogens (tertiary/aromatic N) is 1. The van der Waals surface area contributed by atoms with E-state index in [1.54, 1.807) is 0 Å². The molecule has 0 aliphatic heterocycles. The normalized spacial score (nSPS) is 11.0. The van der Waals surface area contributed by atoms with Gasteiger partial charge in [0.2, 0.25) is 0 Å². The lowest BCUT2D eigenvalue weighted by Crippen LogP contribution is -2.22. The second-order valence-electron chi connectivity index (χ2n) is 6.40. The Morgan fingerprint density at radius 1 is 1.00 bits per heavy atom. The minimum absolute atomic E-state index is 0.167. The number of anilines is 1. The first-order chi connectivity index (χ1) is 12.1. The number of phenolic OH excluding ortho intramolecular Hbond substituents is 1. The number of aliphatic hydroxyl groups excluding tert-OH is 1. The molecule has 0 aliphatic rings. The molecule has 0 bridgehead atoms. The van der Waals surface area contributed by atoms with Crippen molar-refractivity contribution in [1.29, 1.82) is 0 Å². The fourth-order valence-corrected chi connectivity index (χ4v) is 3.30. The highest BCUT2D eigenvalue weighted by atomic mass is 16.3. The maximum absolute atomic E-state index is 10.6. The second-order valence-corrected chi connectivity index (χ2v) is 6.40. The lowest BCUT2D eigenvalue weighted by molar-refractivity contribution is 0.299. The van der Waals surface area contributed by atoms with Crippen molar-refractivity contribution < 1.29 is 10.2 Å². The number of hydrogen-bond donors (Lipinski definition) is 2. The summed E-state index contributed by atoms with van der Waals surface area (Å²) in [5.41, 5.74) is 4.13. The van der Waals surface area contributed by atoms with Crippen LogP contribution in [0.1, 0.15) is 23.6 Å². The van der Waals surface area contributed by atoms with Gasteiger partial charge in [-0.1, -0.05) is 36.4 Å². The highest BCUT2D eigenvalue weighted by Gasteiger charge is 2.14. The van der Waals surface area contributed by atoms with Gasteiger partial charge in [-0.15, -0.1) is 0 Å². The molecular weight excluding hydrogens is 310 g/mol. The van der Waals surface area contributed by atoms with Gasteiger partial charge in [-0.2, -0.15) is 0 Å². The fourth-order valence-electron chi connectivity index (χ4n) is 3.30. The summed E-state index contributed by atoms with van der Waals surface area (Å²) in [5.74, 6) is 0.383. The first kappa shape index (κ1) is 17.3. The molecule has 0 saturated heterocycles. The van der Waals surface area contributed by atoms with Crippen LogP contribution in [0.3, 0.4) is 0 Å². The molecule has 0 heterocycles. The molecule has 25 heavy (non-hydrogen) atoms. The number of fused-ring (bicyclic) bond motifs is 1. The van der Waals surface area contributed by atoms with Crippen molar-refractivity contribution in [1.82, 2.24) is 0 Å². The number of aliphatic hydroxyl groups is 1. The van der Waals surface area contributed by atoms with Gasteiger partial charge in [0, 0.05) is 30.9 Å². The van der Waals surface area contributed by atoms with E-state index in [4.69, 9.17) is 5.11 Å². The lowest BCUT2D eigenvalue weighted by atomic mass is 9.99. The Hall–Kier alpha value is -2.52. The van der Waals surface area contributed by atoms with Crippen molar-refractivity contribution in [2.45, 2.75) is 26.8 Å². The largest absolute Gasteiger partial charge is 0.507 e. The Kier molecular flexibility index (Phi) is 5.25. The third-order valence-electron chi connectivity index (χ3n) is 4.75. The molecule has 0 atom stereocenters. The van der Waals surface area contributed by atoms with Gasteiger partial charge in [0.25, 0.3) is 0 Å². The maximum Gasteiger partial charge on any atom is 0.124 e. The molecule has 0 aromatic heterocycles. The Morgan fingerprint density at radius 3 is 2.40 bits per heavy atom. The van der Waals surface area contributed by atoms with E-state index in [9.17, 15) is 5.11 Å². The van der Waals surface area contributed by atoms with Crippen LogP contribution in [0.2, 0.25) is 0 Å². The summed E-state index contributed by atoms with van der Waals surface area (Å²) in [7, 11) is 0. The molecule has 0 unspecified atom stereocenters. The Labute approximate surface area is 149 Å². The Morgan fingerprint density at radius 2 is 1.72 bits per heavy atom. The van der Waals surface area contributed by atoms with Crippen molar-refractivity contribution in [3.8, 4) is 5.75 Å². The van der Waals surface area contributed by atoms with E-state index >= 15 is 0 Å². The molecule has 0 aliphatic carbocycles. The van der Waals surface area contributed by atoms with Gasteiger partial charge in [0.15, 0.2) is 0 Å². The molecule has 3 aromatic rings. The molecule has 3 aromatic carbocycles. The molecule has 3 heteroatoms. The average Bonchev–Trinajstić information content (AvgIpc) is 2.63. The molecular formula is C22H25NO2. The number of phenols is 1. The number of aryl methyl sites for hydroxylation is 1. The summed E-state index contributed by atoms with van der Waals surface area (Å²) >= 11 is 0. The van der Waals surface area contributed by atoms with E-state index in [2.05, 4.69) is 48.2 Å². The van der Waals surface area contributed by atoms with Crippen LogP contribution in [0, 0.1) is 6.92 Å². The highest BCUT2D eigenvalue weighted by Crippen LogP contribution is 2.33. The zero-order valence-corrected chi connectivity index (χ0v) is 14.9. The van der Waals surface area contributed by atoms with E-state index in [0.29, 0.717) is 18.7 Å². The smallest absolute Gasteiger partial charge is 0.124 e. The average molecular weight is 335 g/mol. The van der Waals surface area contributed by atoms with Crippen LogP contribution in [0.4, 0.5) is 5.69 Å². The van der Waals surface area contributed by atoms with Gasteiger partial charge in [0.05, 0.1) is 0 Å². The molecule has 2 N–H and O–H groups in total. The zero-order chi connectivity index (χ0) is 17.8. The highest BCUT2D eigenvalue weighted by molar-refractivity contribution is 5.89. The van der Waals surface area contributed by atoms with E-state index in [1.807, 2.05) is 25.1 Å². The molecule has 0 spiro atoms. The first-order valence-corrected chi connectivity index (χ1v) is 8.79.